The van der Waals surface area contributed by atoms with Gasteiger partial charge in [0.15, 0.2) is 0 Å². The van der Waals surface area contributed by atoms with Crippen molar-refractivity contribution >= 4 is 0 Å². The summed E-state index contributed by atoms with van der Waals surface area (Å²) in [5.41, 5.74) is 4.11. The Morgan fingerprint density at radius 3 is 0.352 bits per heavy atom. The normalized spacial score (nSPS) is 10.8. The topological polar surface area (TPSA) is 277 Å². The minimum absolute atomic E-state index is 0.0811. The van der Waals surface area contributed by atoms with E-state index in [0.29, 0.717) is 245 Å². The summed E-state index contributed by atoms with van der Waals surface area (Å²) in [6, 6.07) is 17.3. The fourth-order valence-corrected chi connectivity index (χ4v) is 10.1. The van der Waals surface area contributed by atoms with Crippen LogP contribution >= 0.6 is 0 Å². The standard InChI is InChI=1S/C92H122O30/c1-13-73-63-85(115-55-45-105-35-25-95-5)75(65-83(73)113-53-43-103-33-23-93-3)15-17-77-67-89(119-59-49-109-39-29-99-9)79(69-87(77)117-57-47-107-37-27-97-7)19-21-81-71-92(122-62-52-112-42-32-102-12)82(72-91(81)121-61-51-111-41-31-101-11)22-20-80-70-88(118-58-48-108-38-28-98-8)78(68-90(80)120-60-50-110-40-30-100-10)18-16-76-66-84(114-54-44-104-34-24-94-4)74(14-2)64-86(76)116-56-46-106-36-26-96-6/h1-2,63-72H,23-62H2,3-12H3. The zero-order valence-corrected chi connectivity index (χ0v) is 72.5. The van der Waals surface area contributed by atoms with Crippen molar-refractivity contribution in [2.45, 2.75) is 0 Å². The number of methoxy groups -OCH3 is 10. The molecule has 5 aromatic carbocycles. The Bertz CT molecular complexity index is 3780. The zero-order chi connectivity index (χ0) is 87.2. The van der Waals surface area contributed by atoms with E-state index in [-0.39, 0.29) is 132 Å². The first-order valence-corrected chi connectivity index (χ1v) is 40.0. The van der Waals surface area contributed by atoms with Gasteiger partial charge < -0.3 is 142 Å². The molecule has 0 aliphatic carbocycles. The van der Waals surface area contributed by atoms with E-state index >= 15 is 0 Å². The number of hydrogen-bond acceptors (Lipinski definition) is 30. The van der Waals surface area contributed by atoms with Crippen LogP contribution in [0.1, 0.15) is 55.6 Å². The van der Waals surface area contributed by atoms with E-state index in [1.54, 1.807) is 132 Å². The molecule has 0 heterocycles. The van der Waals surface area contributed by atoms with Gasteiger partial charge in [-0.2, -0.15) is 0 Å². The molecule has 670 valence electrons. The Hall–Kier alpha value is -9.34. The molecule has 0 aliphatic rings. The van der Waals surface area contributed by atoms with E-state index in [2.05, 4.69) is 59.2 Å². The van der Waals surface area contributed by atoms with Gasteiger partial charge >= 0.3 is 0 Å². The molecule has 0 bridgehead atoms. The minimum Gasteiger partial charge on any atom is -0.490 e. The lowest BCUT2D eigenvalue weighted by atomic mass is 10.0. The van der Waals surface area contributed by atoms with Gasteiger partial charge in [0.25, 0.3) is 0 Å². The third-order valence-electron chi connectivity index (χ3n) is 16.2. The number of terminal acetylenes is 2. The fourth-order valence-electron chi connectivity index (χ4n) is 10.1. The minimum atomic E-state index is 0.0811. The Morgan fingerprint density at radius 2 is 0.246 bits per heavy atom. The maximum Gasteiger partial charge on any atom is 0.136 e. The molecule has 0 aliphatic heterocycles. The van der Waals surface area contributed by atoms with Gasteiger partial charge in [0.05, 0.1) is 254 Å². The monoisotopic (exact) mass is 1710 g/mol. The predicted octanol–water partition coefficient (Wildman–Crippen LogP) is 7.67. The van der Waals surface area contributed by atoms with Crippen LogP contribution in [-0.4, -0.2) is 335 Å². The first-order chi connectivity index (χ1) is 60.1. The summed E-state index contributed by atoms with van der Waals surface area (Å²) in [6.07, 6.45) is 12.2. The molecule has 0 amide bonds. The molecule has 0 fully saturated rings. The molecule has 0 saturated carbocycles. The first-order valence-electron chi connectivity index (χ1n) is 40.0. The van der Waals surface area contributed by atoms with Crippen LogP contribution in [0.2, 0.25) is 0 Å². The molecular weight excluding hydrogens is 1580 g/mol. The van der Waals surface area contributed by atoms with E-state index in [1.807, 2.05) is 0 Å². The first kappa shape index (κ1) is 103. The van der Waals surface area contributed by atoms with Crippen LogP contribution in [0, 0.1) is 72.1 Å². The van der Waals surface area contributed by atoms with E-state index in [9.17, 15) is 0 Å². The summed E-state index contributed by atoms with van der Waals surface area (Å²) in [4.78, 5) is 0. The quantitative estimate of drug-likeness (QED) is 0.0267. The SMILES string of the molecule is C#Cc1cc(OCCOCCOC)c(C#Cc2cc(OCCOCCOC)c(C#Cc3cc(OCCOCCOC)c(C#Cc4cc(OCCOCCOC)c(C#Cc5cc(OCCOCCOC)c(C#C)cc5OCCOCCOC)cc4OCCOCCOC)cc3OCCOCCOC)cc2OCCOCCOC)cc1OCCOCCOC. The molecule has 0 spiro atoms. The van der Waals surface area contributed by atoms with Crippen molar-refractivity contribution in [3.8, 4) is 130 Å². The molecule has 0 saturated heterocycles. The van der Waals surface area contributed by atoms with Crippen molar-refractivity contribution in [3.63, 3.8) is 0 Å². The van der Waals surface area contributed by atoms with Crippen LogP contribution in [0.15, 0.2) is 60.7 Å². The molecule has 122 heavy (non-hydrogen) atoms. The summed E-state index contributed by atoms with van der Waals surface area (Å²) >= 11 is 0. The highest BCUT2D eigenvalue weighted by Crippen LogP contribution is 2.36. The Kier molecular flexibility index (Phi) is 58.5. The maximum atomic E-state index is 6.64. The molecule has 5 rings (SSSR count). The molecule has 0 aromatic heterocycles. The fraction of sp³-hybridized carbons (Fsp3) is 0.543. The molecule has 30 nitrogen and oxygen atoms in total. The van der Waals surface area contributed by atoms with Crippen molar-refractivity contribution in [2.75, 3.05) is 335 Å². The van der Waals surface area contributed by atoms with Crippen molar-refractivity contribution in [2.24, 2.45) is 0 Å². The van der Waals surface area contributed by atoms with Gasteiger partial charge in [-0.1, -0.05) is 59.2 Å². The molecule has 5 aromatic rings. The number of benzene rings is 5. The second-order valence-corrected chi connectivity index (χ2v) is 25.0. The number of hydrogen-bond donors (Lipinski definition) is 0. The second-order valence-electron chi connectivity index (χ2n) is 25.0. The molecular formula is C92H122O30. The molecule has 0 radical (unpaired) electrons. The highest BCUT2D eigenvalue weighted by molar-refractivity contribution is 5.67. The summed E-state index contributed by atoms with van der Waals surface area (Å²) in [6.45, 7) is 10.8. The number of ether oxygens (including phenoxy) is 30. The van der Waals surface area contributed by atoms with Crippen LogP contribution in [0.25, 0.3) is 0 Å². The second kappa shape index (κ2) is 69.1. The van der Waals surface area contributed by atoms with Gasteiger partial charge in [-0.25, -0.2) is 0 Å². The Morgan fingerprint density at radius 1 is 0.148 bits per heavy atom. The predicted molar refractivity (Wildman–Crippen MR) is 454 cm³/mol. The lowest BCUT2D eigenvalue weighted by Gasteiger charge is -2.15. The molecule has 0 unspecified atom stereocenters. The van der Waals surface area contributed by atoms with E-state index in [1.165, 1.54) is 0 Å². The van der Waals surface area contributed by atoms with Crippen molar-refractivity contribution < 1.29 is 142 Å². The van der Waals surface area contributed by atoms with Crippen LogP contribution in [0.3, 0.4) is 0 Å². The van der Waals surface area contributed by atoms with Gasteiger partial charge in [-0.3, -0.25) is 0 Å². The molecule has 30 heteroatoms. The van der Waals surface area contributed by atoms with Crippen molar-refractivity contribution in [1.29, 1.82) is 0 Å². The van der Waals surface area contributed by atoms with Gasteiger partial charge in [-0.15, -0.1) is 12.8 Å². The summed E-state index contributed by atoms with van der Waals surface area (Å²) in [5, 5.41) is 0. The highest BCUT2D eigenvalue weighted by Gasteiger charge is 2.20. The zero-order valence-electron chi connectivity index (χ0n) is 72.5. The van der Waals surface area contributed by atoms with Gasteiger partial charge in [0, 0.05) is 132 Å². The van der Waals surface area contributed by atoms with E-state index in [0.717, 1.165) is 0 Å². The van der Waals surface area contributed by atoms with Crippen molar-refractivity contribution in [3.05, 3.63) is 116 Å². The summed E-state index contributed by atoms with van der Waals surface area (Å²) in [7, 11) is 16.0. The highest BCUT2D eigenvalue weighted by atomic mass is 16.6. The summed E-state index contributed by atoms with van der Waals surface area (Å²) in [5.74, 6) is 35.8. The third-order valence-corrected chi connectivity index (χ3v) is 16.2. The van der Waals surface area contributed by atoms with E-state index < -0.39 is 0 Å². The average molecular weight is 1710 g/mol. The van der Waals surface area contributed by atoms with Crippen LogP contribution in [0.5, 0.6) is 57.5 Å². The lowest BCUT2D eigenvalue weighted by Crippen LogP contribution is -2.12. The van der Waals surface area contributed by atoms with Gasteiger partial charge in [-0.05, 0) is 0 Å². The average Bonchev–Trinajstić information content (AvgIpc) is 0.813. The maximum absolute atomic E-state index is 6.64. The van der Waals surface area contributed by atoms with Crippen LogP contribution < -0.4 is 47.4 Å². The Balaban J connectivity index is 1.82. The van der Waals surface area contributed by atoms with Crippen LogP contribution in [0.4, 0.5) is 0 Å². The van der Waals surface area contributed by atoms with E-state index in [4.69, 9.17) is 155 Å². The molecule has 0 atom stereocenters. The lowest BCUT2D eigenvalue weighted by molar-refractivity contribution is 0.0537. The molecule has 0 N–H and O–H groups in total. The van der Waals surface area contributed by atoms with Gasteiger partial charge in [0.1, 0.15) is 124 Å². The summed E-state index contributed by atoms with van der Waals surface area (Å²) < 4.78 is 175. The third kappa shape index (κ3) is 43.6. The van der Waals surface area contributed by atoms with Crippen LogP contribution in [-0.2, 0) is 94.7 Å². The largest absolute Gasteiger partial charge is 0.490 e. The smallest absolute Gasteiger partial charge is 0.136 e. The number of rotatable bonds is 70. The van der Waals surface area contributed by atoms with Gasteiger partial charge in [0.2, 0.25) is 0 Å². The Labute approximate surface area is 720 Å². The van der Waals surface area contributed by atoms with Crippen molar-refractivity contribution in [1.82, 2.24) is 0 Å².